The number of thiophene rings is 1. The largest absolute Gasteiger partial charge is 0.375 e. The van der Waals surface area contributed by atoms with Crippen molar-refractivity contribution < 1.29 is 9.53 Å². The molecule has 1 aliphatic heterocycles. The predicted molar refractivity (Wildman–Crippen MR) is 112 cm³/mol. The van der Waals surface area contributed by atoms with Gasteiger partial charge in [0.15, 0.2) is 5.65 Å². The van der Waals surface area contributed by atoms with Gasteiger partial charge in [-0.3, -0.25) is 4.79 Å². The predicted octanol–water partition coefficient (Wildman–Crippen LogP) is 4.22. The van der Waals surface area contributed by atoms with Crippen LogP contribution in [0.3, 0.4) is 0 Å². The highest BCUT2D eigenvalue weighted by Gasteiger charge is 2.26. The molecule has 3 aromatic rings. The highest BCUT2D eigenvalue weighted by molar-refractivity contribution is 7.12. The van der Waals surface area contributed by atoms with Gasteiger partial charge < -0.3 is 9.64 Å². The van der Waals surface area contributed by atoms with Crippen molar-refractivity contribution in [2.24, 2.45) is 0 Å². The number of carbonyl (C=O) groups is 1. The quantitative estimate of drug-likeness (QED) is 0.663. The first-order valence-corrected chi connectivity index (χ1v) is 10.5. The van der Waals surface area contributed by atoms with Crippen molar-refractivity contribution in [3.63, 3.8) is 0 Å². The topological polar surface area (TPSA) is 60.3 Å². The second-order valence-corrected chi connectivity index (χ2v) is 9.20. The average Bonchev–Trinajstić information content (AvgIpc) is 3.23. The zero-order valence-electron chi connectivity index (χ0n) is 17.0. The van der Waals surface area contributed by atoms with Crippen LogP contribution in [0.4, 0.5) is 0 Å². The van der Waals surface area contributed by atoms with Crippen molar-refractivity contribution in [3.05, 3.63) is 33.6 Å². The van der Waals surface area contributed by atoms with Crippen molar-refractivity contribution in [3.8, 4) is 11.3 Å². The van der Waals surface area contributed by atoms with E-state index in [0.717, 1.165) is 22.3 Å². The smallest absolute Gasteiger partial charge is 0.254 e. The van der Waals surface area contributed by atoms with E-state index in [-0.39, 0.29) is 18.1 Å². The number of hydrogen-bond donors (Lipinski definition) is 0. The van der Waals surface area contributed by atoms with Crippen molar-refractivity contribution in [1.82, 2.24) is 19.7 Å². The molecule has 0 bridgehead atoms. The van der Waals surface area contributed by atoms with Crippen LogP contribution in [0.25, 0.3) is 22.3 Å². The second-order valence-electron chi connectivity index (χ2n) is 7.73. The van der Waals surface area contributed by atoms with Gasteiger partial charge in [-0.2, -0.15) is 5.10 Å². The third kappa shape index (κ3) is 3.33. The van der Waals surface area contributed by atoms with E-state index >= 15 is 0 Å². The van der Waals surface area contributed by atoms with Crippen LogP contribution in [-0.4, -0.2) is 51.4 Å². The van der Waals surface area contributed by atoms with Gasteiger partial charge in [-0.05, 0) is 46.8 Å². The lowest BCUT2D eigenvalue weighted by Gasteiger charge is -2.31. The molecule has 0 spiro atoms. The molecule has 4 rings (SSSR count). The minimum absolute atomic E-state index is 0.0247. The normalized spacial score (nSPS) is 17.6. The Kier molecular flexibility index (Phi) is 4.97. The number of carbonyl (C=O) groups excluding carboxylic acids is 1. The summed E-state index contributed by atoms with van der Waals surface area (Å²) in [5.74, 6) is 0.0247. The molecule has 0 saturated carbocycles. The molecule has 1 atom stereocenters. The number of nitrogens with zero attached hydrogens (tertiary/aromatic N) is 4. The van der Waals surface area contributed by atoms with Crippen LogP contribution in [0.2, 0.25) is 0 Å². The number of morpholine rings is 1. The van der Waals surface area contributed by atoms with E-state index in [9.17, 15) is 4.79 Å². The summed E-state index contributed by atoms with van der Waals surface area (Å²) in [6, 6.07) is 4.25. The first-order valence-electron chi connectivity index (χ1n) is 9.71. The van der Waals surface area contributed by atoms with E-state index in [1.54, 1.807) is 17.5 Å². The molecule has 1 saturated heterocycles. The third-order valence-corrected chi connectivity index (χ3v) is 6.10. The van der Waals surface area contributed by atoms with E-state index < -0.39 is 0 Å². The summed E-state index contributed by atoms with van der Waals surface area (Å²) in [4.78, 5) is 22.7. The molecule has 0 N–H and O–H groups in total. The molecule has 148 valence electrons. The van der Waals surface area contributed by atoms with E-state index in [0.29, 0.717) is 25.3 Å². The Balaban J connectivity index is 1.89. The molecule has 0 aliphatic carbocycles. The van der Waals surface area contributed by atoms with E-state index in [1.807, 2.05) is 22.6 Å². The van der Waals surface area contributed by atoms with Crippen molar-refractivity contribution in [2.45, 2.75) is 46.8 Å². The monoisotopic (exact) mass is 398 g/mol. The molecule has 28 heavy (non-hydrogen) atoms. The lowest BCUT2D eigenvalue weighted by Crippen LogP contribution is -2.44. The van der Waals surface area contributed by atoms with Gasteiger partial charge in [0.05, 0.1) is 35.6 Å². The molecule has 0 aromatic carbocycles. The van der Waals surface area contributed by atoms with Gasteiger partial charge >= 0.3 is 0 Å². The van der Waals surface area contributed by atoms with E-state index in [4.69, 9.17) is 9.72 Å². The first kappa shape index (κ1) is 19.1. The summed E-state index contributed by atoms with van der Waals surface area (Å²) in [6.45, 7) is 12.1. The zero-order chi connectivity index (χ0) is 20.0. The Bertz CT molecular complexity index is 1040. The summed E-state index contributed by atoms with van der Waals surface area (Å²) < 4.78 is 7.50. The van der Waals surface area contributed by atoms with Gasteiger partial charge in [0.25, 0.3) is 5.91 Å². The second kappa shape index (κ2) is 7.29. The number of hydrogen-bond acceptors (Lipinski definition) is 5. The fourth-order valence-corrected chi connectivity index (χ4v) is 4.70. The number of aryl methyl sites for hydroxylation is 2. The van der Waals surface area contributed by atoms with Gasteiger partial charge in [-0.15, -0.1) is 11.3 Å². The summed E-state index contributed by atoms with van der Waals surface area (Å²) in [6.07, 6.45) is 1.82. The Morgan fingerprint density at radius 1 is 1.32 bits per heavy atom. The number of ether oxygens (including phenoxy) is 1. The van der Waals surface area contributed by atoms with Crippen LogP contribution in [0, 0.1) is 13.8 Å². The minimum Gasteiger partial charge on any atom is -0.375 e. The maximum absolute atomic E-state index is 13.4. The summed E-state index contributed by atoms with van der Waals surface area (Å²) >= 11 is 1.75. The Morgan fingerprint density at radius 2 is 2.11 bits per heavy atom. The molecule has 1 fully saturated rings. The average molecular weight is 399 g/mol. The lowest BCUT2D eigenvalue weighted by molar-refractivity contribution is -0.0123. The highest BCUT2D eigenvalue weighted by atomic mass is 32.1. The van der Waals surface area contributed by atoms with Gasteiger partial charge in [0, 0.05) is 34.4 Å². The van der Waals surface area contributed by atoms with Gasteiger partial charge in [0.1, 0.15) is 0 Å². The van der Waals surface area contributed by atoms with Gasteiger partial charge in [-0.1, -0.05) is 0 Å². The van der Waals surface area contributed by atoms with Crippen molar-refractivity contribution >= 4 is 28.3 Å². The molecule has 7 heteroatoms. The fraction of sp³-hybridized carbons (Fsp3) is 0.476. The summed E-state index contributed by atoms with van der Waals surface area (Å²) in [5, 5.41) is 5.33. The Hall–Kier alpha value is -2.25. The molecule has 1 amide bonds. The van der Waals surface area contributed by atoms with Crippen LogP contribution in [0.15, 0.2) is 18.3 Å². The van der Waals surface area contributed by atoms with E-state index in [1.165, 1.54) is 9.75 Å². The summed E-state index contributed by atoms with van der Waals surface area (Å²) in [7, 11) is 0. The standard InChI is InChI=1S/C21H26N4O2S/c1-12(2)25-20-18(10-22-25)17(21(26)24-6-7-27-13(3)11-24)9-19(23-20)16-8-14(4)28-15(16)5/h8-10,12-13H,6-7,11H2,1-5H3. The summed E-state index contributed by atoms with van der Waals surface area (Å²) in [5.41, 5.74) is 3.36. The van der Waals surface area contributed by atoms with E-state index in [2.05, 4.69) is 38.9 Å². The Labute approximate surface area is 169 Å². The molecule has 3 aromatic heterocycles. The van der Waals surface area contributed by atoms with Crippen LogP contribution in [-0.2, 0) is 4.74 Å². The van der Waals surface area contributed by atoms with Crippen LogP contribution in [0.1, 0.15) is 46.9 Å². The number of rotatable bonds is 3. The lowest BCUT2D eigenvalue weighted by atomic mass is 10.1. The number of amides is 1. The van der Waals surface area contributed by atoms with Crippen molar-refractivity contribution in [1.29, 1.82) is 0 Å². The SMILES string of the molecule is Cc1cc(-c2cc(C(=O)N3CCOC(C)C3)c3cnn(C(C)C)c3n2)c(C)s1. The third-order valence-electron chi connectivity index (χ3n) is 5.13. The molecule has 1 aliphatic rings. The molecule has 6 nitrogen and oxygen atoms in total. The van der Waals surface area contributed by atoms with Gasteiger partial charge in [0.2, 0.25) is 0 Å². The van der Waals surface area contributed by atoms with Crippen molar-refractivity contribution in [2.75, 3.05) is 19.7 Å². The molecule has 0 radical (unpaired) electrons. The minimum atomic E-state index is 0.0247. The molecular weight excluding hydrogens is 372 g/mol. The Morgan fingerprint density at radius 3 is 2.75 bits per heavy atom. The van der Waals surface area contributed by atoms with Gasteiger partial charge in [-0.25, -0.2) is 9.67 Å². The van der Waals surface area contributed by atoms with Crippen LogP contribution in [0.5, 0.6) is 0 Å². The number of pyridine rings is 1. The van der Waals surface area contributed by atoms with Crippen LogP contribution < -0.4 is 0 Å². The first-order chi connectivity index (χ1) is 13.3. The number of fused-ring (bicyclic) bond motifs is 1. The molecule has 1 unspecified atom stereocenters. The fourth-order valence-electron chi connectivity index (χ4n) is 3.77. The maximum Gasteiger partial charge on any atom is 0.254 e. The molecular formula is C21H26N4O2S. The highest BCUT2D eigenvalue weighted by Crippen LogP contribution is 2.33. The van der Waals surface area contributed by atoms with Crippen LogP contribution >= 0.6 is 11.3 Å². The number of aromatic nitrogens is 3. The maximum atomic E-state index is 13.4. The zero-order valence-corrected chi connectivity index (χ0v) is 17.8. The molecule has 4 heterocycles.